The first-order chi connectivity index (χ1) is 6.77. The average Bonchev–Trinajstić information content (AvgIpc) is 2.71. The molecule has 2 aromatic heterocycles. The summed E-state index contributed by atoms with van der Waals surface area (Å²) in [5.74, 6) is 0. The second-order valence-corrected chi connectivity index (χ2v) is 2.74. The standard InChI is InChI=1S/C9H7N3O2/c13-12(14)7-3-4-9(11-6-7)8-2-1-5-10-8/h1-6,10H. The highest BCUT2D eigenvalue weighted by Gasteiger charge is 2.06. The van der Waals surface area contributed by atoms with Gasteiger partial charge in [-0.25, -0.2) is 4.98 Å². The van der Waals surface area contributed by atoms with Crippen LogP contribution in [-0.2, 0) is 0 Å². The zero-order chi connectivity index (χ0) is 9.97. The molecule has 70 valence electrons. The van der Waals surface area contributed by atoms with Crippen LogP contribution in [0.3, 0.4) is 0 Å². The molecule has 0 atom stereocenters. The van der Waals surface area contributed by atoms with Crippen LogP contribution in [0.1, 0.15) is 0 Å². The molecule has 2 heterocycles. The van der Waals surface area contributed by atoms with E-state index >= 15 is 0 Å². The largest absolute Gasteiger partial charge is 0.360 e. The number of rotatable bonds is 2. The molecule has 0 unspecified atom stereocenters. The maximum Gasteiger partial charge on any atom is 0.287 e. The van der Waals surface area contributed by atoms with Gasteiger partial charge in [0.05, 0.1) is 16.3 Å². The molecule has 0 saturated carbocycles. The predicted molar refractivity (Wildman–Crippen MR) is 50.7 cm³/mol. The summed E-state index contributed by atoms with van der Waals surface area (Å²) in [4.78, 5) is 16.8. The van der Waals surface area contributed by atoms with E-state index in [0.29, 0.717) is 5.69 Å². The minimum Gasteiger partial charge on any atom is -0.360 e. The molecule has 0 saturated heterocycles. The number of pyridine rings is 1. The third-order valence-electron chi connectivity index (χ3n) is 1.83. The van der Waals surface area contributed by atoms with Crippen LogP contribution in [0, 0.1) is 10.1 Å². The third-order valence-corrected chi connectivity index (χ3v) is 1.83. The highest BCUT2D eigenvalue weighted by molar-refractivity contribution is 5.55. The molecule has 0 aliphatic heterocycles. The lowest BCUT2D eigenvalue weighted by atomic mass is 10.3. The summed E-state index contributed by atoms with van der Waals surface area (Å²) in [6.07, 6.45) is 3.02. The molecule has 0 spiro atoms. The van der Waals surface area contributed by atoms with Gasteiger partial charge in [-0.2, -0.15) is 0 Å². The Balaban J connectivity index is 2.36. The summed E-state index contributed by atoms with van der Waals surface area (Å²) in [7, 11) is 0. The normalized spacial score (nSPS) is 10.0. The van der Waals surface area contributed by atoms with Crippen molar-refractivity contribution in [3.63, 3.8) is 0 Å². The van der Waals surface area contributed by atoms with Crippen molar-refractivity contribution < 1.29 is 4.92 Å². The molecule has 1 N–H and O–H groups in total. The van der Waals surface area contributed by atoms with Gasteiger partial charge in [-0.15, -0.1) is 0 Å². The van der Waals surface area contributed by atoms with Gasteiger partial charge in [-0.1, -0.05) is 0 Å². The Kier molecular flexibility index (Phi) is 1.98. The van der Waals surface area contributed by atoms with Gasteiger partial charge in [0.25, 0.3) is 5.69 Å². The van der Waals surface area contributed by atoms with E-state index in [1.165, 1.54) is 12.3 Å². The van der Waals surface area contributed by atoms with Crippen molar-refractivity contribution in [2.75, 3.05) is 0 Å². The van der Waals surface area contributed by atoms with Crippen molar-refractivity contribution in [1.82, 2.24) is 9.97 Å². The van der Waals surface area contributed by atoms with Crippen LogP contribution in [0.4, 0.5) is 5.69 Å². The Morgan fingerprint density at radius 2 is 2.21 bits per heavy atom. The van der Waals surface area contributed by atoms with E-state index in [9.17, 15) is 10.1 Å². The summed E-state index contributed by atoms with van der Waals surface area (Å²) >= 11 is 0. The van der Waals surface area contributed by atoms with Crippen LogP contribution in [0.2, 0.25) is 0 Å². The first-order valence-corrected chi connectivity index (χ1v) is 4.01. The molecule has 5 nitrogen and oxygen atoms in total. The van der Waals surface area contributed by atoms with Crippen molar-refractivity contribution in [3.05, 3.63) is 46.8 Å². The van der Waals surface area contributed by atoms with Crippen molar-refractivity contribution in [1.29, 1.82) is 0 Å². The van der Waals surface area contributed by atoms with Gasteiger partial charge < -0.3 is 4.98 Å². The summed E-state index contributed by atoms with van der Waals surface area (Å²) in [5, 5.41) is 10.4. The highest BCUT2D eigenvalue weighted by atomic mass is 16.6. The Morgan fingerprint density at radius 3 is 2.71 bits per heavy atom. The smallest absolute Gasteiger partial charge is 0.287 e. The zero-order valence-electron chi connectivity index (χ0n) is 7.18. The quantitative estimate of drug-likeness (QED) is 0.580. The lowest BCUT2D eigenvalue weighted by molar-refractivity contribution is -0.385. The van der Waals surface area contributed by atoms with E-state index in [-0.39, 0.29) is 5.69 Å². The third kappa shape index (κ3) is 1.47. The Hall–Kier alpha value is -2.17. The topological polar surface area (TPSA) is 71.8 Å². The van der Waals surface area contributed by atoms with Crippen LogP contribution in [0.25, 0.3) is 11.4 Å². The monoisotopic (exact) mass is 189 g/mol. The summed E-state index contributed by atoms with van der Waals surface area (Å²) in [6, 6.07) is 6.75. The predicted octanol–water partition coefficient (Wildman–Crippen LogP) is 1.98. The van der Waals surface area contributed by atoms with Crippen LogP contribution in [0.15, 0.2) is 36.7 Å². The van der Waals surface area contributed by atoms with Crippen molar-refractivity contribution in [2.45, 2.75) is 0 Å². The molecule has 0 bridgehead atoms. The van der Waals surface area contributed by atoms with Gasteiger partial charge in [0.1, 0.15) is 6.20 Å². The average molecular weight is 189 g/mol. The molecule has 0 fully saturated rings. The first kappa shape index (κ1) is 8.43. The van der Waals surface area contributed by atoms with E-state index in [4.69, 9.17) is 0 Å². The van der Waals surface area contributed by atoms with Crippen molar-refractivity contribution >= 4 is 5.69 Å². The second-order valence-electron chi connectivity index (χ2n) is 2.74. The number of aromatic nitrogens is 2. The lowest BCUT2D eigenvalue weighted by Crippen LogP contribution is -1.89. The molecule has 0 amide bonds. The summed E-state index contributed by atoms with van der Waals surface area (Å²) in [5.41, 5.74) is 1.54. The molecule has 2 rings (SSSR count). The molecular formula is C9H7N3O2. The minimum absolute atomic E-state index is 0.000283. The SMILES string of the molecule is O=[N+]([O-])c1ccc(-c2ccc[nH]2)nc1. The van der Waals surface area contributed by atoms with Gasteiger partial charge >= 0.3 is 0 Å². The van der Waals surface area contributed by atoms with Gasteiger partial charge in [-0.05, 0) is 18.2 Å². The van der Waals surface area contributed by atoms with Crippen molar-refractivity contribution in [2.24, 2.45) is 0 Å². The number of aromatic amines is 1. The molecule has 0 aliphatic rings. The number of hydrogen-bond donors (Lipinski definition) is 1. The maximum atomic E-state index is 10.4. The van der Waals surface area contributed by atoms with Crippen molar-refractivity contribution in [3.8, 4) is 11.4 Å². The summed E-state index contributed by atoms with van der Waals surface area (Å²) in [6.45, 7) is 0. The highest BCUT2D eigenvalue weighted by Crippen LogP contribution is 2.16. The molecule has 14 heavy (non-hydrogen) atoms. The molecular weight excluding hydrogens is 182 g/mol. The first-order valence-electron chi connectivity index (χ1n) is 4.01. The Bertz CT molecular complexity index is 434. The van der Waals surface area contributed by atoms with Gasteiger partial charge in [0, 0.05) is 12.3 Å². The number of nitro groups is 1. The number of hydrogen-bond acceptors (Lipinski definition) is 3. The lowest BCUT2D eigenvalue weighted by Gasteiger charge is -1.95. The van der Waals surface area contributed by atoms with Crippen LogP contribution in [-0.4, -0.2) is 14.9 Å². The second kappa shape index (κ2) is 3.29. The van der Waals surface area contributed by atoms with Gasteiger partial charge in [0.15, 0.2) is 0 Å². The molecule has 0 aliphatic carbocycles. The molecule has 0 radical (unpaired) electrons. The molecule has 2 aromatic rings. The van der Waals surface area contributed by atoms with Crippen LogP contribution >= 0.6 is 0 Å². The fourth-order valence-corrected chi connectivity index (χ4v) is 1.14. The van der Waals surface area contributed by atoms with Crippen LogP contribution < -0.4 is 0 Å². The van der Waals surface area contributed by atoms with Gasteiger partial charge in [-0.3, -0.25) is 10.1 Å². The van der Waals surface area contributed by atoms with E-state index < -0.39 is 4.92 Å². The Morgan fingerprint density at radius 1 is 1.36 bits per heavy atom. The van der Waals surface area contributed by atoms with Crippen LogP contribution in [0.5, 0.6) is 0 Å². The summed E-state index contributed by atoms with van der Waals surface area (Å²) < 4.78 is 0. The molecule has 5 heteroatoms. The maximum absolute atomic E-state index is 10.4. The Labute approximate surface area is 79.6 Å². The van der Waals surface area contributed by atoms with E-state index in [1.54, 1.807) is 12.3 Å². The fourth-order valence-electron chi connectivity index (χ4n) is 1.14. The zero-order valence-corrected chi connectivity index (χ0v) is 7.18. The van der Waals surface area contributed by atoms with Gasteiger partial charge in [0.2, 0.25) is 0 Å². The number of nitrogens with one attached hydrogen (secondary N) is 1. The number of nitrogens with zero attached hydrogens (tertiary/aromatic N) is 2. The van der Waals surface area contributed by atoms with E-state index in [2.05, 4.69) is 9.97 Å². The van der Waals surface area contributed by atoms with E-state index in [1.807, 2.05) is 12.1 Å². The molecule has 0 aromatic carbocycles. The minimum atomic E-state index is -0.467. The number of H-pyrrole nitrogens is 1. The fraction of sp³-hybridized carbons (Fsp3) is 0. The van der Waals surface area contributed by atoms with E-state index in [0.717, 1.165) is 5.69 Å².